The molecule has 3 N–H and O–H groups in total. The van der Waals surface area contributed by atoms with Crippen molar-refractivity contribution >= 4 is 22.3 Å². The van der Waals surface area contributed by atoms with Crippen LogP contribution in [0.15, 0.2) is 36.4 Å². The summed E-state index contributed by atoms with van der Waals surface area (Å²) < 4.78 is 10.8. The molecule has 1 heterocycles. The number of fused-ring (bicyclic) bond motifs is 3. The molecule has 1 aliphatic carbocycles. The van der Waals surface area contributed by atoms with E-state index in [9.17, 15) is 0 Å². The molecule has 0 saturated heterocycles. The van der Waals surface area contributed by atoms with Gasteiger partial charge in [0.2, 0.25) is 0 Å². The highest BCUT2D eigenvalue weighted by atomic mass is 16.5. The summed E-state index contributed by atoms with van der Waals surface area (Å²) in [4.78, 5) is 3.68. The molecule has 4 rings (SSSR count). The number of hydrogen-bond donors (Lipinski definition) is 3. The molecule has 2 aromatic carbocycles. The van der Waals surface area contributed by atoms with Crippen molar-refractivity contribution in [2.75, 3.05) is 26.6 Å². The quantitative estimate of drug-likeness (QED) is 0.559. The number of methoxy groups -OCH3 is 2. The summed E-state index contributed by atoms with van der Waals surface area (Å²) in [5.41, 5.74) is 6.19. The molecule has 0 spiro atoms. The minimum absolute atomic E-state index is 0.610. The maximum absolute atomic E-state index is 5.43. The Bertz CT molecular complexity index is 980. The van der Waals surface area contributed by atoms with E-state index in [1.54, 1.807) is 14.2 Å². The monoisotopic (exact) mass is 393 g/mol. The van der Waals surface area contributed by atoms with E-state index in [4.69, 9.17) is 9.47 Å². The number of benzene rings is 2. The Morgan fingerprint density at radius 2 is 1.69 bits per heavy atom. The zero-order valence-electron chi connectivity index (χ0n) is 17.6. The van der Waals surface area contributed by atoms with Gasteiger partial charge >= 0.3 is 0 Å². The van der Waals surface area contributed by atoms with Crippen LogP contribution in [0.2, 0.25) is 0 Å². The van der Waals surface area contributed by atoms with Crippen molar-refractivity contribution in [1.82, 2.24) is 10.3 Å². The van der Waals surface area contributed by atoms with E-state index in [-0.39, 0.29) is 0 Å². The number of nitrogens with one attached hydrogen (secondary N) is 3. The molecule has 0 radical (unpaired) electrons. The van der Waals surface area contributed by atoms with Crippen molar-refractivity contribution in [3.8, 4) is 11.5 Å². The zero-order valence-corrected chi connectivity index (χ0v) is 17.6. The van der Waals surface area contributed by atoms with E-state index in [1.807, 2.05) is 18.2 Å². The van der Waals surface area contributed by atoms with Crippen molar-refractivity contribution in [3.63, 3.8) is 0 Å². The van der Waals surface area contributed by atoms with E-state index >= 15 is 0 Å². The minimum Gasteiger partial charge on any atom is -0.493 e. The van der Waals surface area contributed by atoms with Gasteiger partial charge in [-0.05, 0) is 75.0 Å². The summed E-state index contributed by atoms with van der Waals surface area (Å²) in [5, 5.41) is 8.34. The van der Waals surface area contributed by atoms with Crippen molar-refractivity contribution in [2.24, 2.45) is 0 Å². The van der Waals surface area contributed by atoms with Gasteiger partial charge in [-0.15, -0.1) is 0 Å². The lowest BCUT2D eigenvalue weighted by Crippen LogP contribution is -2.25. The number of ether oxygens (including phenoxy) is 2. The van der Waals surface area contributed by atoms with Gasteiger partial charge in [0.25, 0.3) is 0 Å². The minimum atomic E-state index is 0.610. The van der Waals surface area contributed by atoms with Gasteiger partial charge in [0.15, 0.2) is 11.5 Å². The lowest BCUT2D eigenvalue weighted by molar-refractivity contribution is 0.355. The third-order valence-electron chi connectivity index (χ3n) is 6.05. The van der Waals surface area contributed by atoms with Crippen LogP contribution in [-0.2, 0) is 12.8 Å². The van der Waals surface area contributed by atoms with Crippen molar-refractivity contribution in [1.29, 1.82) is 0 Å². The molecule has 0 amide bonds. The highest BCUT2D eigenvalue weighted by molar-refractivity contribution is 5.88. The first-order valence-corrected chi connectivity index (χ1v) is 10.5. The molecule has 29 heavy (non-hydrogen) atoms. The lowest BCUT2D eigenvalue weighted by Gasteiger charge is -2.14. The van der Waals surface area contributed by atoms with Crippen LogP contribution in [0, 0.1) is 0 Å². The Balaban J connectivity index is 1.64. The van der Waals surface area contributed by atoms with Gasteiger partial charge < -0.3 is 25.1 Å². The predicted molar refractivity (Wildman–Crippen MR) is 120 cm³/mol. The van der Waals surface area contributed by atoms with Gasteiger partial charge in [-0.25, -0.2) is 0 Å². The highest BCUT2D eigenvalue weighted by Gasteiger charge is 2.17. The fraction of sp³-hybridized carbons (Fsp3) is 0.417. The normalized spacial score (nSPS) is 17.1. The Kier molecular flexibility index (Phi) is 5.95. The van der Waals surface area contributed by atoms with Gasteiger partial charge in [-0.1, -0.05) is 6.42 Å². The van der Waals surface area contributed by atoms with E-state index in [0.717, 1.165) is 35.7 Å². The molecule has 3 aromatic rings. The summed E-state index contributed by atoms with van der Waals surface area (Å²) in [5.74, 6) is 1.45. The lowest BCUT2D eigenvalue weighted by atomic mass is 10.0. The van der Waals surface area contributed by atoms with Crippen LogP contribution in [0.5, 0.6) is 11.5 Å². The first-order chi connectivity index (χ1) is 14.2. The van der Waals surface area contributed by atoms with Crippen molar-refractivity contribution in [3.05, 3.63) is 47.7 Å². The van der Waals surface area contributed by atoms with Crippen LogP contribution in [0.3, 0.4) is 0 Å². The summed E-state index contributed by atoms with van der Waals surface area (Å²) in [6.45, 7) is 0. The first kappa shape index (κ1) is 19.6. The zero-order chi connectivity index (χ0) is 20.2. The summed E-state index contributed by atoms with van der Waals surface area (Å²) >= 11 is 0. The number of hydrogen-bond acceptors (Lipinski definition) is 4. The molecule has 0 aliphatic heterocycles. The molecule has 1 aliphatic rings. The molecule has 1 atom stereocenters. The van der Waals surface area contributed by atoms with E-state index in [2.05, 4.69) is 40.9 Å². The summed E-state index contributed by atoms with van der Waals surface area (Å²) in [6, 6.07) is 13.1. The molecular weight excluding hydrogens is 362 g/mol. The Morgan fingerprint density at radius 1 is 0.897 bits per heavy atom. The van der Waals surface area contributed by atoms with Crippen molar-refractivity contribution in [2.45, 2.75) is 44.6 Å². The maximum atomic E-state index is 5.43. The average Bonchev–Trinajstić information content (AvgIpc) is 3.13. The van der Waals surface area contributed by atoms with Crippen molar-refractivity contribution < 1.29 is 9.47 Å². The van der Waals surface area contributed by atoms with E-state index < -0.39 is 0 Å². The van der Waals surface area contributed by atoms with E-state index in [1.165, 1.54) is 47.8 Å². The largest absolute Gasteiger partial charge is 0.493 e. The second-order valence-electron chi connectivity index (χ2n) is 7.81. The van der Waals surface area contributed by atoms with Gasteiger partial charge in [-0.3, -0.25) is 0 Å². The average molecular weight is 394 g/mol. The van der Waals surface area contributed by atoms with Gasteiger partial charge in [0.05, 0.1) is 14.2 Å². The Morgan fingerprint density at radius 3 is 2.48 bits per heavy atom. The number of aryl methyl sites for hydroxylation is 2. The number of anilines is 2. The first-order valence-electron chi connectivity index (χ1n) is 10.5. The van der Waals surface area contributed by atoms with Crippen LogP contribution in [0.4, 0.5) is 11.4 Å². The molecule has 0 fully saturated rings. The predicted octanol–water partition coefficient (Wildman–Crippen LogP) is 5.18. The Hall–Kier alpha value is -2.66. The standard InChI is InChI=1S/C24H31N3O2/c1-25-16-6-4-5-7-21-19(11-8-16)20-14-17(9-12-22(20)27-21)26-18-10-13-23(28-2)24(15-18)29-3/h9-10,12-16,25-27H,4-8,11H2,1-3H3. The van der Waals surface area contributed by atoms with Gasteiger partial charge in [0.1, 0.15) is 0 Å². The SMILES string of the molecule is CNC1CCCCc2[nH]c3ccc(Nc4ccc(OC)c(OC)c4)cc3c2CC1. The fourth-order valence-corrected chi connectivity index (χ4v) is 4.40. The highest BCUT2D eigenvalue weighted by Crippen LogP contribution is 2.33. The fourth-order valence-electron chi connectivity index (χ4n) is 4.40. The topological polar surface area (TPSA) is 58.3 Å². The molecule has 1 aromatic heterocycles. The van der Waals surface area contributed by atoms with E-state index in [0.29, 0.717) is 6.04 Å². The van der Waals surface area contributed by atoms with Gasteiger partial charge in [0, 0.05) is 40.1 Å². The molecular formula is C24H31N3O2. The van der Waals surface area contributed by atoms with Crippen LogP contribution in [0.25, 0.3) is 10.9 Å². The number of H-pyrrole nitrogens is 1. The molecule has 5 heteroatoms. The van der Waals surface area contributed by atoms with Crippen LogP contribution in [0.1, 0.15) is 36.9 Å². The smallest absolute Gasteiger partial charge is 0.162 e. The second kappa shape index (κ2) is 8.78. The number of aromatic nitrogens is 1. The molecule has 5 nitrogen and oxygen atoms in total. The van der Waals surface area contributed by atoms with Crippen LogP contribution < -0.4 is 20.1 Å². The summed E-state index contributed by atoms with van der Waals surface area (Å²) in [6.07, 6.45) is 7.23. The van der Waals surface area contributed by atoms with Gasteiger partial charge in [-0.2, -0.15) is 0 Å². The second-order valence-corrected chi connectivity index (χ2v) is 7.81. The summed E-state index contributed by atoms with van der Waals surface area (Å²) in [7, 11) is 5.40. The number of aromatic amines is 1. The Labute approximate surface area is 172 Å². The number of rotatable bonds is 5. The third kappa shape index (κ3) is 4.20. The molecule has 0 saturated carbocycles. The molecule has 154 valence electrons. The molecule has 0 bridgehead atoms. The van der Waals surface area contributed by atoms with Crippen LogP contribution in [-0.4, -0.2) is 32.3 Å². The molecule has 1 unspecified atom stereocenters. The van der Waals surface area contributed by atoms with Crippen LogP contribution >= 0.6 is 0 Å². The third-order valence-corrected chi connectivity index (χ3v) is 6.05. The maximum Gasteiger partial charge on any atom is 0.162 e.